The summed E-state index contributed by atoms with van der Waals surface area (Å²) in [5, 5.41) is 10.5. The summed E-state index contributed by atoms with van der Waals surface area (Å²) in [5.41, 5.74) is 15.4. The van der Waals surface area contributed by atoms with Gasteiger partial charge in [-0.1, -0.05) is 170 Å². The standard InChI is InChI=1S/C51H30/c1-2-11-31(12-3-1)43-29-35-13-4-5-16-38(35)49-42-28-25-36(37-26-23-34-22-21-32-14-10-15-33-24-27-41(37)48(34)47(32)33)30-46(42)51(50(43)49)44-19-8-6-17-39(44)40-18-7-9-20-45(40)51/h1-30H. The van der Waals surface area contributed by atoms with Gasteiger partial charge in [-0.15, -0.1) is 0 Å². The highest BCUT2D eigenvalue weighted by Gasteiger charge is 2.53. The lowest BCUT2D eigenvalue weighted by molar-refractivity contribution is 0.796. The Morgan fingerprint density at radius 2 is 0.902 bits per heavy atom. The summed E-state index contributed by atoms with van der Waals surface area (Å²) in [5.74, 6) is 0. The molecule has 12 rings (SSSR count). The zero-order valence-electron chi connectivity index (χ0n) is 27.8. The molecule has 10 aromatic carbocycles. The van der Waals surface area contributed by atoms with Crippen LogP contribution < -0.4 is 0 Å². The van der Waals surface area contributed by atoms with E-state index in [4.69, 9.17) is 0 Å². The van der Waals surface area contributed by atoms with Crippen molar-refractivity contribution < 1.29 is 0 Å². The second kappa shape index (κ2) is 9.81. The van der Waals surface area contributed by atoms with Crippen LogP contribution in [-0.4, -0.2) is 0 Å². The maximum atomic E-state index is 2.55. The molecule has 0 aliphatic heterocycles. The first-order valence-electron chi connectivity index (χ1n) is 17.9. The Morgan fingerprint density at radius 3 is 1.69 bits per heavy atom. The number of rotatable bonds is 2. The number of hydrogen-bond donors (Lipinski definition) is 0. The largest absolute Gasteiger partial charge is 0.0731 e. The summed E-state index contributed by atoms with van der Waals surface area (Å²) in [6.45, 7) is 0. The third-order valence-corrected chi connectivity index (χ3v) is 12.0. The molecule has 0 saturated carbocycles. The molecule has 0 saturated heterocycles. The van der Waals surface area contributed by atoms with Crippen LogP contribution in [0.5, 0.6) is 0 Å². The Labute approximate surface area is 296 Å². The van der Waals surface area contributed by atoms with Crippen molar-refractivity contribution in [1.29, 1.82) is 0 Å². The molecule has 0 aromatic heterocycles. The van der Waals surface area contributed by atoms with Crippen LogP contribution in [-0.2, 0) is 5.41 Å². The van der Waals surface area contributed by atoms with Crippen LogP contribution in [0.3, 0.4) is 0 Å². The van der Waals surface area contributed by atoms with Crippen molar-refractivity contribution in [2.45, 2.75) is 5.41 Å². The van der Waals surface area contributed by atoms with Gasteiger partial charge in [-0.2, -0.15) is 0 Å². The van der Waals surface area contributed by atoms with Gasteiger partial charge in [-0.3, -0.25) is 0 Å². The summed E-state index contributed by atoms with van der Waals surface area (Å²) < 4.78 is 0. The quantitative estimate of drug-likeness (QED) is 0.165. The van der Waals surface area contributed by atoms with Crippen LogP contribution in [0.4, 0.5) is 0 Å². The van der Waals surface area contributed by atoms with E-state index < -0.39 is 5.41 Å². The summed E-state index contributed by atoms with van der Waals surface area (Å²) in [6.07, 6.45) is 0. The van der Waals surface area contributed by atoms with Crippen molar-refractivity contribution in [3.63, 3.8) is 0 Å². The van der Waals surface area contributed by atoms with E-state index in [1.807, 2.05) is 0 Å². The van der Waals surface area contributed by atoms with Crippen LogP contribution >= 0.6 is 0 Å². The Morgan fingerprint density at radius 1 is 0.294 bits per heavy atom. The predicted molar refractivity (Wildman–Crippen MR) is 215 cm³/mol. The number of fused-ring (bicyclic) bond motifs is 12. The first kappa shape index (κ1) is 27.3. The van der Waals surface area contributed by atoms with Gasteiger partial charge in [0.15, 0.2) is 0 Å². The highest BCUT2D eigenvalue weighted by Crippen LogP contribution is 2.66. The van der Waals surface area contributed by atoms with Crippen molar-refractivity contribution >= 4 is 43.1 Å². The maximum absolute atomic E-state index is 2.55. The Hall–Kier alpha value is -6.50. The summed E-state index contributed by atoms with van der Waals surface area (Å²) in [6, 6.07) is 68.7. The average Bonchev–Trinajstić information content (AvgIpc) is 3.67. The van der Waals surface area contributed by atoms with Crippen molar-refractivity contribution in [3.05, 3.63) is 204 Å². The zero-order valence-corrected chi connectivity index (χ0v) is 27.8. The fraction of sp³-hybridized carbons (Fsp3) is 0.0196. The Balaban J connectivity index is 1.25. The van der Waals surface area contributed by atoms with Crippen molar-refractivity contribution in [3.8, 4) is 44.5 Å². The van der Waals surface area contributed by atoms with Gasteiger partial charge >= 0.3 is 0 Å². The van der Waals surface area contributed by atoms with Gasteiger partial charge < -0.3 is 0 Å². The molecular weight excluding hydrogens is 613 g/mol. The van der Waals surface area contributed by atoms with Crippen molar-refractivity contribution in [1.82, 2.24) is 0 Å². The molecule has 0 radical (unpaired) electrons. The van der Waals surface area contributed by atoms with Gasteiger partial charge in [-0.05, 0) is 122 Å². The topological polar surface area (TPSA) is 0 Å². The number of benzene rings is 10. The molecular formula is C51H30. The van der Waals surface area contributed by atoms with E-state index in [0.717, 1.165) is 0 Å². The molecule has 0 nitrogen and oxygen atoms in total. The first-order chi connectivity index (χ1) is 25.3. The van der Waals surface area contributed by atoms with E-state index in [9.17, 15) is 0 Å². The van der Waals surface area contributed by atoms with Gasteiger partial charge in [0.2, 0.25) is 0 Å². The Bertz CT molecular complexity index is 3010. The fourth-order valence-corrected chi connectivity index (χ4v) is 10.0. The lowest BCUT2D eigenvalue weighted by Crippen LogP contribution is -2.26. The fourth-order valence-electron chi connectivity index (χ4n) is 10.0. The van der Waals surface area contributed by atoms with Crippen LogP contribution in [0, 0.1) is 0 Å². The molecule has 51 heavy (non-hydrogen) atoms. The molecule has 10 aromatic rings. The molecule has 2 aliphatic rings. The van der Waals surface area contributed by atoms with E-state index in [2.05, 4.69) is 182 Å². The summed E-state index contributed by atoms with van der Waals surface area (Å²) >= 11 is 0. The monoisotopic (exact) mass is 642 g/mol. The first-order valence-corrected chi connectivity index (χ1v) is 17.9. The van der Waals surface area contributed by atoms with E-state index in [0.29, 0.717) is 0 Å². The highest BCUT2D eigenvalue weighted by atomic mass is 14.5. The highest BCUT2D eigenvalue weighted by molar-refractivity contribution is 6.25. The summed E-state index contributed by atoms with van der Waals surface area (Å²) in [4.78, 5) is 0. The lowest BCUT2D eigenvalue weighted by atomic mass is 9.68. The predicted octanol–water partition coefficient (Wildman–Crippen LogP) is 13.4. The molecule has 0 fully saturated rings. The molecule has 1 spiro atoms. The van der Waals surface area contributed by atoms with Gasteiger partial charge in [0, 0.05) is 0 Å². The average molecular weight is 643 g/mol. The van der Waals surface area contributed by atoms with Crippen LogP contribution in [0.2, 0.25) is 0 Å². The lowest BCUT2D eigenvalue weighted by Gasteiger charge is -2.33. The number of hydrogen-bond acceptors (Lipinski definition) is 0. The third-order valence-electron chi connectivity index (χ3n) is 12.0. The molecule has 0 bridgehead atoms. The van der Waals surface area contributed by atoms with Gasteiger partial charge in [-0.25, -0.2) is 0 Å². The van der Waals surface area contributed by atoms with Gasteiger partial charge in [0.05, 0.1) is 5.41 Å². The zero-order chi connectivity index (χ0) is 33.3. The van der Waals surface area contributed by atoms with Gasteiger partial charge in [0.1, 0.15) is 0 Å². The van der Waals surface area contributed by atoms with E-state index in [-0.39, 0.29) is 0 Å². The normalized spacial score (nSPS) is 13.6. The van der Waals surface area contributed by atoms with Crippen LogP contribution in [0.15, 0.2) is 182 Å². The third kappa shape index (κ3) is 3.40. The minimum absolute atomic E-state index is 0.479. The SMILES string of the molecule is c1ccc(-c2cc3ccccc3c3c2C2(c4ccccc4-c4ccccc42)c2cc(-c4ccc5ccc6cccc7ccc4c5c67)ccc2-3)cc1. The smallest absolute Gasteiger partial charge is 0.0622 e. The second-order valence-corrected chi connectivity index (χ2v) is 14.3. The minimum Gasteiger partial charge on any atom is -0.0622 e. The van der Waals surface area contributed by atoms with Crippen molar-refractivity contribution in [2.24, 2.45) is 0 Å². The van der Waals surface area contributed by atoms with Gasteiger partial charge in [0.25, 0.3) is 0 Å². The molecule has 0 amide bonds. The minimum atomic E-state index is -0.479. The van der Waals surface area contributed by atoms with Crippen molar-refractivity contribution in [2.75, 3.05) is 0 Å². The molecule has 0 N–H and O–H groups in total. The van der Waals surface area contributed by atoms with E-state index in [1.54, 1.807) is 0 Å². The maximum Gasteiger partial charge on any atom is 0.0731 e. The second-order valence-electron chi connectivity index (χ2n) is 14.3. The summed E-state index contributed by atoms with van der Waals surface area (Å²) in [7, 11) is 0. The van der Waals surface area contributed by atoms with Crippen LogP contribution in [0.1, 0.15) is 22.3 Å². The Kier molecular flexibility index (Phi) is 5.26. The molecule has 0 unspecified atom stereocenters. The molecule has 2 aliphatic carbocycles. The molecule has 0 heterocycles. The van der Waals surface area contributed by atoms with Crippen LogP contribution in [0.25, 0.3) is 87.6 Å². The molecule has 0 atom stereocenters. The van der Waals surface area contributed by atoms with E-state index in [1.165, 1.54) is 110 Å². The molecule has 0 heteroatoms. The molecule has 234 valence electrons. The van der Waals surface area contributed by atoms with E-state index >= 15 is 0 Å².